The average molecular weight is 440 g/mol. The standard InChI is InChI=1S/C25H29NO6/c1-4-24(27)31-16-8-6-5-7-15-30-21-11-9-19(10-12-21)25(28)32-22-13-14-23(29-3)20(17-22)18-26-2/h4,9-14,17-18H,1,5-8,15-16H2,2-3H3. The summed E-state index contributed by atoms with van der Waals surface area (Å²) in [6.07, 6.45) is 6.44. The van der Waals surface area contributed by atoms with Crippen LogP contribution in [0.4, 0.5) is 0 Å². The molecular weight excluding hydrogens is 410 g/mol. The molecule has 2 aromatic rings. The van der Waals surface area contributed by atoms with E-state index in [1.807, 2.05) is 0 Å². The molecule has 0 amide bonds. The summed E-state index contributed by atoms with van der Waals surface area (Å²) < 4.78 is 21.4. The molecular formula is C25H29NO6. The van der Waals surface area contributed by atoms with Crippen LogP contribution in [0.5, 0.6) is 17.2 Å². The number of benzene rings is 2. The predicted molar refractivity (Wildman–Crippen MR) is 123 cm³/mol. The van der Waals surface area contributed by atoms with E-state index < -0.39 is 5.97 Å². The van der Waals surface area contributed by atoms with Crippen molar-refractivity contribution in [2.24, 2.45) is 4.99 Å². The molecule has 0 fully saturated rings. The maximum Gasteiger partial charge on any atom is 0.343 e. The molecule has 0 radical (unpaired) electrons. The van der Waals surface area contributed by atoms with Gasteiger partial charge in [-0.2, -0.15) is 0 Å². The molecule has 0 aromatic heterocycles. The van der Waals surface area contributed by atoms with Crippen molar-refractivity contribution in [2.75, 3.05) is 27.4 Å². The van der Waals surface area contributed by atoms with Gasteiger partial charge in [0, 0.05) is 24.9 Å². The third kappa shape index (κ3) is 8.26. The zero-order valence-electron chi connectivity index (χ0n) is 18.5. The van der Waals surface area contributed by atoms with Gasteiger partial charge in [0.2, 0.25) is 0 Å². The van der Waals surface area contributed by atoms with Gasteiger partial charge in [0.1, 0.15) is 17.2 Å². The summed E-state index contributed by atoms with van der Waals surface area (Å²) in [4.78, 5) is 27.3. The average Bonchev–Trinajstić information content (AvgIpc) is 2.81. The first kappa shape index (κ1) is 24.7. The zero-order valence-corrected chi connectivity index (χ0v) is 18.5. The number of carbonyl (C=O) groups is 2. The van der Waals surface area contributed by atoms with Gasteiger partial charge in [-0.25, -0.2) is 9.59 Å². The summed E-state index contributed by atoms with van der Waals surface area (Å²) in [7, 11) is 3.23. The quantitative estimate of drug-likeness (QED) is 0.149. The molecule has 7 heteroatoms. The van der Waals surface area contributed by atoms with Gasteiger partial charge in [-0.05, 0) is 68.1 Å². The Balaban J connectivity index is 1.75. The zero-order chi connectivity index (χ0) is 23.2. The Labute approximate surface area is 188 Å². The number of ether oxygens (including phenoxy) is 4. The number of carbonyl (C=O) groups excluding carboxylic acids is 2. The Morgan fingerprint density at radius 1 is 0.969 bits per heavy atom. The van der Waals surface area contributed by atoms with Gasteiger partial charge < -0.3 is 18.9 Å². The van der Waals surface area contributed by atoms with Crippen molar-refractivity contribution in [3.63, 3.8) is 0 Å². The van der Waals surface area contributed by atoms with Crippen LogP contribution in [0.3, 0.4) is 0 Å². The van der Waals surface area contributed by atoms with E-state index in [0.717, 1.165) is 37.3 Å². The molecule has 0 bridgehead atoms. The molecule has 2 aromatic carbocycles. The fraction of sp³-hybridized carbons (Fsp3) is 0.320. The van der Waals surface area contributed by atoms with Crippen molar-refractivity contribution in [1.29, 1.82) is 0 Å². The van der Waals surface area contributed by atoms with E-state index >= 15 is 0 Å². The molecule has 0 unspecified atom stereocenters. The van der Waals surface area contributed by atoms with Gasteiger partial charge in [0.25, 0.3) is 0 Å². The second kappa shape index (κ2) is 13.6. The molecule has 0 saturated carbocycles. The smallest absolute Gasteiger partial charge is 0.343 e. The van der Waals surface area contributed by atoms with Crippen LogP contribution in [0.2, 0.25) is 0 Å². The summed E-state index contributed by atoms with van der Waals surface area (Å²) in [6, 6.07) is 11.9. The second-order valence-corrected chi connectivity index (χ2v) is 6.84. The molecule has 7 nitrogen and oxygen atoms in total. The highest BCUT2D eigenvalue weighted by Crippen LogP contribution is 2.24. The molecule has 0 aliphatic carbocycles. The highest BCUT2D eigenvalue weighted by Gasteiger charge is 2.11. The maximum absolute atomic E-state index is 12.4. The first-order valence-electron chi connectivity index (χ1n) is 10.4. The lowest BCUT2D eigenvalue weighted by molar-refractivity contribution is -0.137. The van der Waals surface area contributed by atoms with Crippen molar-refractivity contribution in [1.82, 2.24) is 0 Å². The van der Waals surface area contributed by atoms with E-state index in [4.69, 9.17) is 18.9 Å². The number of unbranched alkanes of at least 4 members (excludes halogenated alkanes) is 3. The normalized spacial score (nSPS) is 10.6. The van der Waals surface area contributed by atoms with Gasteiger partial charge >= 0.3 is 11.9 Å². The molecule has 0 N–H and O–H groups in total. The van der Waals surface area contributed by atoms with Gasteiger partial charge in [0.05, 0.1) is 25.9 Å². The van der Waals surface area contributed by atoms with Gasteiger partial charge in [0.15, 0.2) is 0 Å². The highest BCUT2D eigenvalue weighted by molar-refractivity contribution is 5.91. The number of esters is 2. The lowest BCUT2D eigenvalue weighted by Crippen LogP contribution is -2.09. The minimum atomic E-state index is -0.460. The third-order valence-electron chi connectivity index (χ3n) is 4.49. The molecule has 0 spiro atoms. The topological polar surface area (TPSA) is 83.4 Å². The van der Waals surface area contributed by atoms with Crippen LogP contribution in [-0.2, 0) is 9.53 Å². The largest absolute Gasteiger partial charge is 0.496 e. The van der Waals surface area contributed by atoms with E-state index in [2.05, 4.69) is 11.6 Å². The number of hydrogen-bond acceptors (Lipinski definition) is 7. The minimum absolute atomic E-state index is 0.389. The number of rotatable bonds is 13. The van der Waals surface area contributed by atoms with Crippen molar-refractivity contribution in [2.45, 2.75) is 25.7 Å². The molecule has 0 aliphatic heterocycles. The monoisotopic (exact) mass is 439 g/mol. The van der Waals surface area contributed by atoms with Gasteiger partial charge in [-0.1, -0.05) is 6.58 Å². The molecule has 0 saturated heterocycles. The predicted octanol–water partition coefficient (Wildman–Crippen LogP) is 4.63. The fourth-order valence-electron chi connectivity index (χ4n) is 2.85. The van der Waals surface area contributed by atoms with E-state index in [1.54, 1.807) is 62.8 Å². The molecule has 32 heavy (non-hydrogen) atoms. The van der Waals surface area contributed by atoms with Crippen molar-refractivity contribution >= 4 is 18.2 Å². The summed E-state index contributed by atoms with van der Waals surface area (Å²) in [5.41, 5.74) is 1.15. The Morgan fingerprint density at radius 3 is 2.31 bits per heavy atom. The van der Waals surface area contributed by atoms with E-state index in [9.17, 15) is 9.59 Å². The maximum atomic E-state index is 12.4. The van der Waals surface area contributed by atoms with E-state index in [-0.39, 0.29) is 5.97 Å². The van der Waals surface area contributed by atoms with Crippen LogP contribution in [0.15, 0.2) is 60.1 Å². The molecule has 0 atom stereocenters. The summed E-state index contributed by atoms with van der Waals surface area (Å²) in [6.45, 7) is 4.34. The van der Waals surface area contributed by atoms with Crippen molar-refractivity contribution < 1.29 is 28.5 Å². The number of aliphatic imine (C=N–C) groups is 1. The third-order valence-corrected chi connectivity index (χ3v) is 4.49. The second-order valence-electron chi connectivity index (χ2n) is 6.84. The number of methoxy groups -OCH3 is 1. The minimum Gasteiger partial charge on any atom is -0.496 e. The van der Waals surface area contributed by atoms with E-state index in [1.165, 1.54) is 0 Å². The van der Waals surface area contributed by atoms with Gasteiger partial charge in [-0.3, -0.25) is 4.99 Å². The first-order chi connectivity index (χ1) is 15.6. The lowest BCUT2D eigenvalue weighted by atomic mass is 10.2. The summed E-state index contributed by atoms with van der Waals surface area (Å²) >= 11 is 0. The number of nitrogens with zero attached hydrogens (tertiary/aromatic N) is 1. The van der Waals surface area contributed by atoms with Crippen molar-refractivity contribution in [3.8, 4) is 17.2 Å². The Morgan fingerprint density at radius 2 is 1.66 bits per heavy atom. The van der Waals surface area contributed by atoms with Crippen LogP contribution in [0, 0.1) is 0 Å². The van der Waals surface area contributed by atoms with E-state index in [0.29, 0.717) is 36.0 Å². The molecule has 170 valence electrons. The summed E-state index contributed by atoms with van der Waals surface area (Å²) in [5.74, 6) is 0.893. The van der Waals surface area contributed by atoms with Gasteiger partial charge in [-0.15, -0.1) is 0 Å². The van der Waals surface area contributed by atoms with Crippen LogP contribution in [-0.4, -0.2) is 45.5 Å². The summed E-state index contributed by atoms with van der Waals surface area (Å²) in [5, 5.41) is 0. The highest BCUT2D eigenvalue weighted by atomic mass is 16.5. The number of hydrogen-bond donors (Lipinski definition) is 0. The van der Waals surface area contributed by atoms with Crippen LogP contribution in [0.25, 0.3) is 0 Å². The molecule has 2 rings (SSSR count). The molecule has 0 aliphatic rings. The van der Waals surface area contributed by atoms with Crippen LogP contribution < -0.4 is 14.2 Å². The van der Waals surface area contributed by atoms with Crippen LogP contribution in [0.1, 0.15) is 41.6 Å². The first-order valence-corrected chi connectivity index (χ1v) is 10.4. The SMILES string of the molecule is C=CC(=O)OCCCCCCOc1ccc(C(=O)Oc2ccc(OC)c(C=NC)c2)cc1. The Bertz CT molecular complexity index is 921. The Kier molecular flexibility index (Phi) is 10.5. The van der Waals surface area contributed by atoms with Crippen LogP contribution >= 0.6 is 0 Å². The molecule has 0 heterocycles. The lowest BCUT2D eigenvalue weighted by Gasteiger charge is -2.09. The van der Waals surface area contributed by atoms with Crippen molar-refractivity contribution in [3.05, 3.63) is 66.2 Å². The Hall–Kier alpha value is -3.61. The fourth-order valence-corrected chi connectivity index (χ4v) is 2.85.